The second kappa shape index (κ2) is 7.72. The summed E-state index contributed by atoms with van der Waals surface area (Å²) in [5, 5.41) is 5.34. The predicted molar refractivity (Wildman–Crippen MR) is 102 cm³/mol. The number of halogens is 1. The number of hydrogen-bond donors (Lipinski definition) is 2. The maximum absolute atomic E-state index is 14.1. The normalized spacial score (nSPS) is 17.2. The Kier molecular flexibility index (Phi) is 4.97. The first-order valence-corrected chi connectivity index (χ1v) is 9.06. The van der Waals surface area contributed by atoms with Crippen LogP contribution in [0.4, 0.5) is 15.8 Å². The van der Waals surface area contributed by atoms with Crippen molar-refractivity contribution < 1.29 is 23.5 Å². The SMILES string of the molecule is O=C(Nc1ccc(F)c(NC(=O)[C@H]2CC=CCC2)c1)c1ccc2c(c1)OCO2. The van der Waals surface area contributed by atoms with E-state index in [2.05, 4.69) is 10.6 Å². The van der Waals surface area contributed by atoms with E-state index in [1.807, 2.05) is 12.2 Å². The average molecular weight is 382 g/mol. The van der Waals surface area contributed by atoms with Crippen LogP contribution in [0, 0.1) is 11.7 Å². The minimum atomic E-state index is -0.555. The van der Waals surface area contributed by atoms with E-state index in [0.29, 0.717) is 29.2 Å². The molecule has 1 heterocycles. The van der Waals surface area contributed by atoms with Gasteiger partial charge in [-0.1, -0.05) is 12.2 Å². The Balaban J connectivity index is 1.46. The van der Waals surface area contributed by atoms with E-state index in [1.54, 1.807) is 18.2 Å². The first-order chi connectivity index (χ1) is 13.6. The maximum atomic E-state index is 14.1. The van der Waals surface area contributed by atoms with Crippen molar-refractivity contribution in [2.75, 3.05) is 17.4 Å². The second-order valence-electron chi connectivity index (χ2n) is 6.69. The van der Waals surface area contributed by atoms with Crippen LogP contribution in [0.3, 0.4) is 0 Å². The van der Waals surface area contributed by atoms with Gasteiger partial charge in [0.1, 0.15) is 5.82 Å². The van der Waals surface area contributed by atoms with Crippen molar-refractivity contribution in [2.45, 2.75) is 19.3 Å². The smallest absolute Gasteiger partial charge is 0.255 e. The van der Waals surface area contributed by atoms with Crippen molar-refractivity contribution >= 4 is 23.2 Å². The number of anilines is 2. The molecule has 7 heteroatoms. The molecule has 0 radical (unpaired) electrons. The summed E-state index contributed by atoms with van der Waals surface area (Å²) in [4.78, 5) is 24.8. The van der Waals surface area contributed by atoms with E-state index < -0.39 is 5.82 Å². The van der Waals surface area contributed by atoms with Crippen LogP contribution in [0.25, 0.3) is 0 Å². The predicted octanol–water partition coefficient (Wildman–Crippen LogP) is 4.10. The van der Waals surface area contributed by atoms with E-state index in [0.717, 1.165) is 12.8 Å². The van der Waals surface area contributed by atoms with Crippen molar-refractivity contribution in [3.8, 4) is 11.5 Å². The Morgan fingerprint density at radius 2 is 1.86 bits per heavy atom. The van der Waals surface area contributed by atoms with Crippen LogP contribution >= 0.6 is 0 Å². The van der Waals surface area contributed by atoms with Crippen molar-refractivity contribution in [1.29, 1.82) is 0 Å². The number of carbonyl (C=O) groups excluding carboxylic acids is 2. The van der Waals surface area contributed by atoms with Gasteiger partial charge in [-0.3, -0.25) is 9.59 Å². The fourth-order valence-corrected chi connectivity index (χ4v) is 3.21. The van der Waals surface area contributed by atoms with Crippen LogP contribution in [-0.2, 0) is 4.79 Å². The summed E-state index contributed by atoms with van der Waals surface area (Å²) in [5.41, 5.74) is 0.805. The summed E-state index contributed by atoms with van der Waals surface area (Å²) >= 11 is 0. The highest BCUT2D eigenvalue weighted by Crippen LogP contribution is 2.33. The zero-order chi connectivity index (χ0) is 19.5. The number of allylic oxidation sites excluding steroid dienone is 2. The summed E-state index contributed by atoms with van der Waals surface area (Å²) in [7, 11) is 0. The molecule has 0 saturated carbocycles. The van der Waals surface area contributed by atoms with Crippen LogP contribution in [0.5, 0.6) is 11.5 Å². The van der Waals surface area contributed by atoms with Crippen LogP contribution in [-0.4, -0.2) is 18.6 Å². The van der Waals surface area contributed by atoms with E-state index >= 15 is 0 Å². The van der Waals surface area contributed by atoms with Crippen LogP contribution in [0.1, 0.15) is 29.6 Å². The fourth-order valence-electron chi connectivity index (χ4n) is 3.21. The maximum Gasteiger partial charge on any atom is 0.255 e. The lowest BCUT2D eigenvalue weighted by molar-refractivity contribution is -0.120. The molecule has 28 heavy (non-hydrogen) atoms. The highest BCUT2D eigenvalue weighted by Gasteiger charge is 2.20. The molecule has 4 rings (SSSR count). The molecule has 2 aromatic rings. The van der Waals surface area contributed by atoms with Crippen molar-refractivity contribution in [3.63, 3.8) is 0 Å². The molecule has 0 bridgehead atoms. The third-order valence-corrected chi connectivity index (χ3v) is 4.76. The number of carbonyl (C=O) groups is 2. The minimum absolute atomic E-state index is 0.0445. The Hall–Kier alpha value is -3.35. The lowest BCUT2D eigenvalue weighted by Crippen LogP contribution is -2.24. The first-order valence-electron chi connectivity index (χ1n) is 9.06. The van der Waals surface area contributed by atoms with E-state index in [9.17, 15) is 14.0 Å². The Bertz CT molecular complexity index is 957. The van der Waals surface area contributed by atoms with Crippen LogP contribution < -0.4 is 20.1 Å². The molecule has 2 aromatic carbocycles. The highest BCUT2D eigenvalue weighted by atomic mass is 19.1. The van der Waals surface area contributed by atoms with Gasteiger partial charge < -0.3 is 20.1 Å². The first kappa shape index (κ1) is 18.0. The van der Waals surface area contributed by atoms with Gasteiger partial charge in [0.15, 0.2) is 11.5 Å². The standard InChI is InChI=1S/C21H19FN2O4/c22-16-8-7-15(11-17(16)24-20(25)13-4-2-1-3-5-13)23-21(26)14-6-9-18-19(10-14)28-12-27-18/h1-2,6-11,13H,3-5,12H2,(H,23,26)(H,24,25)/t13-/m0/s1. The summed E-state index contributed by atoms with van der Waals surface area (Å²) in [5.74, 6) is -0.235. The number of rotatable bonds is 4. The molecule has 0 unspecified atom stereocenters. The number of fused-ring (bicyclic) bond motifs is 1. The van der Waals surface area contributed by atoms with Crippen molar-refractivity contribution in [1.82, 2.24) is 0 Å². The molecule has 2 aliphatic rings. The molecule has 0 fully saturated rings. The summed E-state index contributed by atoms with van der Waals surface area (Å²) in [6, 6.07) is 8.93. The van der Waals surface area contributed by atoms with Crippen LogP contribution in [0.15, 0.2) is 48.6 Å². The number of hydrogen-bond acceptors (Lipinski definition) is 4. The van der Waals surface area contributed by atoms with Gasteiger partial charge in [0.25, 0.3) is 5.91 Å². The van der Waals surface area contributed by atoms with Gasteiger partial charge >= 0.3 is 0 Å². The van der Waals surface area contributed by atoms with Gasteiger partial charge in [-0.15, -0.1) is 0 Å². The lowest BCUT2D eigenvalue weighted by atomic mass is 9.93. The molecule has 0 spiro atoms. The highest BCUT2D eigenvalue weighted by molar-refractivity contribution is 6.05. The number of benzene rings is 2. The number of nitrogens with one attached hydrogen (secondary N) is 2. The molecule has 1 aliphatic heterocycles. The molecule has 1 aliphatic carbocycles. The molecule has 2 amide bonds. The fraction of sp³-hybridized carbons (Fsp3) is 0.238. The second-order valence-corrected chi connectivity index (χ2v) is 6.69. The third kappa shape index (κ3) is 3.83. The Morgan fingerprint density at radius 1 is 1.00 bits per heavy atom. The van der Waals surface area contributed by atoms with Gasteiger partial charge in [-0.25, -0.2) is 4.39 Å². The van der Waals surface area contributed by atoms with Gasteiger partial charge in [-0.05, 0) is 55.7 Å². The zero-order valence-corrected chi connectivity index (χ0v) is 15.0. The Labute approximate surface area is 161 Å². The van der Waals surface area contributed by atoms with Crippen LogP contribution in [0.2, 0.25) is 0 Å². The third-order valence-electron chi connectivity index (χ3n) is 4.76. The Morgan fingerprint density at radius 3 is 2.68 bits per heavy atom. The summed E-state index contributed by atoms with van der Waals surface area (Å²) in [6.07, 6.45) is 6.23. The number of amides is 2. The quantitative estimate of drug-likeness (QED) is 0.781. The lowest BCUT2D eigenvalue weighted by Gasteiger charge is -2.18. The molecule has 0 saturated heterocycles. The van der Waals surface area contributed by atoms with Gasteiger partial charge in [0, 0.05) is 17.2 Å². The number of ether oxygens (including phenoxy) is 2. The van der Waals surface area contributed by atoms with E-state index in [-0.39, 0.29) is 30.2 Å². The molecule has 1 atom stereocenters. The van der Waals surface area contributed by atoms with E-state index in [4.69, 9.17) is 9.47 Å². The molecular formula is C21H19FN2O4. The van der Waals surface area contributed by atoms with Crippen molar-refractivity contribution in [2.24, 2.45) is 5.92 Å². The molecular weight excluding hydrogens is 363 g/mol. The molecule has 6 nitrogen and oxygen atoms in total. The zero-order valence-electron chi connectivity index (χ0n) is 15.0. The molecule has 2 N–H and O–H groups in total. The monoisotopic (exact) mass is 382 g/mol. The van der Waals surface area contributed by atoms with Gasteiger partial charge in [0.05, 0.1) is 5.69 Å². The topological polar surface area (TPSA) is 76.7 Å². The largest absolute Gasteiger partial charge is 0.454 e. The molecule has 144 valence electrons. The van der Waals surface area contributed by atoms with Crippen molar-refractivity contribution in [3.05, 3.63) is 59.9 Å². The summed E-state index contributed by atoms with van der Waals surface area (Å²) in [6.45, 7) is 0.123. The van der Waals surface area contributed by atoms with Gasteiger partial charge in [0.2, 0.25) is 12.7 Å². The van der Waals surface area contributed by atoms with Gasteiger partial charge in [-0.2, -0.15) is 0 Å². The average Bonchev–Trinajstić information content (AvgIpc) is 3.19. The molecule has 0 aromatic heterocycles. The minimum Gasteiger partial charge on any atom is -0.454 e. The van der Waals surface area contributed by atoms with E-state index in [1.165, 1.54) is 18.2 Å². The summed E-state index contributed by atoms with van der Waals surface area (Å²) < 4.78 is 24.6.